The number of fused-ring (bicyclic) bond motifs is 1. The SMILES string of the molecule is COc1cc2c(cc1OC)CN(c1ccc(NC(=O)CC(C)C)cc1)CC2. The summed E-state index contributed by atoms with van der Waals surface area (Å²) in [6, 6.07) is 12.2. The molecular formula is C22H28N2O3. The summed E-state index contributed by atoms with van der Waals surface area (Å²) in [4.78, 5) is 14.3. The summed E-state index contributed by atoms with van der Waals surface area (Å²) in [6.07, 6.45) is 1.50. The van der Waals surface area contributed by atoms with Crippen molar-refractivity contribution < 1.29 is 14.3 Å². The van der Waals surface area contributed by atoms with Crippen LogP contribution in [0.3, 0.4) is 0 Å². The quantitative estimate of drug-likeness (QED) is 0.828. The molecule has 1 aliphatic heterocycles. The van der Waals surface area contributed by atoms with Crippen LogP contribution >= 0.6 is 0 Å². The minimum atomic E-state index is 0.0608. The molecule has 5 heteroatoms. The average molecular weight is 368 g/mol. The monoisotopic (exact) mass is 368 g/mol. The highest BCUT2D eigenvalue weighted by atomic mass is 16.5. The molecule has 2 aromatic carbocycles. The van der Waals surface area contributed by atoms with Crippen LogP contribution < -0.4 is 19.7 Å². The second-order valence-corrected chi connectivity index (χ2v) is 7.34. The molecule has 1 amide bonds. The fraction of sp³-hybridized carbons (Fsp3) is 0.409. The number of methoxy groups -OCH3 is 2. The molecule has 0 aliphatic carbocycles. The van der Waals surface area contributed by atoms with Crippen LogP contribution in [-0.2, 0) is 17.8 Å². The van der Waals surface area contributed by atoms with Gasteiger partial charge in [-0.25, -0.2) is 0 Å². The predicted octanol–water partition coefficient (Wildman–Crippen LogP) is 4.25. The van der Waals surface area contributed by atoms with Crippen LogP contribution in [0.15, 0.2) is 36.4 Å². The topological polar surface area (TPSA) is 50.8 Å². The van der Waals surface area contributed by atoms with Crippen molar-refractivity contribution in [3.05, 3.63) is 47.5 Å². The van der Waals surface area contributed by atoms with Gasteiger partial charge in [0.15, 0.2) is 11.5 Å². The molecule has 0 unspecified atom stereocenters. The van der Waals surface area contributed by atoms with Crippen LogP contribution in [-0.4, -0.2) is 26.7 Å². The summed E-state index contributed by atoms with van der Waals surface area (Å²) >= 11 is 0. The normalized spacial score (nSPS) is 13.3. The Kier molecular flexibility index (Phi) is 5.89. The lowest BCUT2D eigenvalue weighted by molar-refractivity contribution is -0.116. The van der Waals surface area contributed by atoms with Gasteiger partial charge in [0.25, 0.3) is 0 Å². The van der Waals surface area contributed by atoms with Gasteiger partial charge in [0.2, 0.25) is 5.91 Å². The van der Waals surface area contributed by atoms with Gasteiger partial charge in [0.05, 0.1) is 14.2 Å². The number of carbonyl (C=O) groups excluding carboxylic acids is 1. The summed E-state index contributed by atoms with van der Waals surface area (Å²) in [5, 5.41) is 2.96. The lowest BCUT2D eigenvalue weighted by Crippen LogP contribution is -2.30. The van der Waals surface area contributed by atoms with Crippen molar-refractivity contribution in [2.75, 3.05) is 31.0 Å². The number of hydrogen-bond donors (Lipinski definition) is 1. The van der Waals surface area contributed by atoms with Crippen molar-refractivity contribution in [3.63, 3.8) is 0 Å². The average Bonchev–Trinajstić information content (AvgIpc) is 2.66. The third-order valence-electron chi connectivity index (χ3n) is 4.83. The number of anilines is 2. The molecule has 0 radical (unpaired) electrons. The van der Waals surface area contributed by atoms with Crippen LogP contribution in [0.1, 0.15) is 31.4 Å². The molecular weight excluding hydrogens is 340 g/mol. The predicted molar refractivity (Wildman–Crippen MR) is 109 cm³/mol. The lowest BCUT2D eigenvalue weighted by Gasteiger charge is -2.31. The zero-order chi connectivity index (χ0) is 19.4. The van der Waals surface area contributed by atoms with Gasteiger partial charge in [-0.2, -0.15) is 0 Å². The number of carbonyl (C=O) groups is 1. The van der Waals surface area contributed by atoms with Crippen molar-refractivity contribution in [2.45, 2.75) is 33.2 Å². The Morgan fingerprint density at radius 3 is 2.30 bits per heavy atom. The van der Waals surface area contributed by atoms with Gasteiger partial charge in [0, 0.05) is 30.9 Å². The van der Waals surface area contributed by atoms with Crippen molar-refractivity contribution in [2.24, 2.45) is 5.92 Å². The van der Waals surface area contributed by atoms with E-state index < -0.39 is 0 Å². The Hall–Kier alpha value is -2.69. The largest absolute Gasteiger partial charge is 0.493 e. The smallest absolute Gasteiger partial charge is 0.224 e. The van der Waals surface area contributed by atoms with E-state index in [4.69, 9.17) is 9.47 Å². The third-order valence-corrected chi connectivity index (χ3v) is 4.83. The third kappa shape index (κ3) is 4.54. The number of benzene rings is 2. The first kappa shape index (κ1) is 19.1. The highest BCUT2D eigenvalue weighted by molar-refractivity contribution is 5.91. The summed E-state index contributed by atoms with van der Waals surface area (Å²) in [6.45, 7) is 5.86. The second-order valence-electron chi connectivity index (χ2n) is 7.34. The molecule has 1 aliphatic rings. The molecule has 144 valence electrons. The summed E-state index contributed by atoms with van der Waals surface area (Å²) in [5.41, 5.74) is 4.56. The molecule has 1 N–H and O–H groups in total. The molecule has 3 rings (SSSR count). The molecule has 0 spiro atoms. The van der Waals surface area contributed by atoms with Crippen LogP contribution in [0.25, 0.3) is 0 Å². The highest BCUT2D eigenvalue weighted by Crippen LogP contribution is 2.34. The van der Waals surface area contributed by atoms with Gasteiger partial charge in [0.1, 0.15) is 0 Å². The molecule has 0 atom stereocenters. The molecule has 1 heterocycles. The number of amides is 1. The van der Waals surface area contributed by atoms with Crippen LogP contribution in [0.2, 0.25) is 0 Å². The van der Waals surface area contributed by atoms with Crippen LogP contribution in [0.5, 0.6) is 11.5 Å². The number of rotatable bonds is 6. The molecule has 0 bridgehead atoms. The molecule has 0 saturated heterocycles. The summed E-state index contributed by atoms with van der Waals surface area (Å²) in [5.74, 6) is 1.96. The number of nitrogens with one attached hydrogen (secondary N) is 1. The van der Waals surface area contributed by atoms with Gasteiger partial charge < -0.3 is 19.7 Å². The fourth-order valence-corrected chi connectivity index (χ4v) is 3.44. The van der Waals surface area contributed by atoms with E-state index in [9.17, 15) is 4.79 Å². The molecule has 2 aromatic rings. The standard InChI is InChI=1S/C22H28N2O3/c1-15(2)11-22(25)23-18-5-7-19(8-6-18)24-10-9-16-12-20(26-3)21(27-4)13-17(16)14-24/h5-8,12-13,15H,9-11,14H2,1-4H3,(H,23,25). The van der Waals surface area contributed by atoms with E-state index in [1.54, 1.807) is 14.2 Å². The van der Waals surface area contributed by atoms with Gasteiger partial charge in [-0.05, 0) is 59.9 Å². The molecule has 0 aromatic heterocycles. The maximum atomic E-state index is 11.9. The van der Waals surface area contributed by atoms with Crippen LogP contribution in [0.4, 0.5) is 11.4 Å². The van der Waals surface area contributed by atoms with Crippen LogP contribution in [0, 0.1) is 5.92 Å². The number of ether oxygens (including phenoxy) is 2. The highest BCUT2D eigenvalue weighted by Gasteiger charge is 2.19. The zero-order valence-corrected chi connectivity index (χ0v) is 16.5. The van der Waals surface area contributed by atoms with E-state index in [-0.39, 0.29) is 5.91 Å². The molecule has 0 fully saturated rings. The van der Waals surface area contributed by atoms with Crippen molar-refractivity contribution in [1.82, 2.24) is 0 Å². The number of hydrogen-bond acceptors (Lipinski definition) is 4. The molecule has 0 saturated carbocycles. The van der Waals surface area contributed by atoms with E-state index in [1.807, 2.05) is 26.0 Å². The molecule has 27 heavy (non-hydrogen) atoms. The summed E-state index contributed by atoms with van der Waals surface area (Å²) in [7, 11) is 3.33. The first-order valence-corrected chi connectivity index (χ1v) is 9.38. The maximum Gasteiger partial charge on any atom is 0.224 e. The minimum Gasteiger partial charge on any atom is -0.493 e. The fourth-order valence-electron chi connectivity index (χ4n) is 3.44. The Morgan fingerprint density at radius 2 is 1.70 bits per heavy atom. The van der Waals surface area contributed by atoms with Gasteiger partial charge >= 0.3 is 0 Å². The van der Waals surface area contributed by atoms with Gasteiger partial charge in [-0.15, -0.1) is 0 Å². The van der Waals surface area contributed by atoms with E-state index in [0.29, 0.717) is 12.3 Å². The van der Waals surface area contributed by atoms with E-state index in [2.05, 4.69) is 34.5 Å². The Labute approximate surface area is 161 Å². The van der Waals surface area contributed by atoms with E-state index in [0.717, 1.165) is 42.4 Å². The second kappa shape index (κ2) is 8.33. The van der Waals surface area contributed by atoms with Crippen molar-refractivity contribution in [3.8, 4) is 11.5 Å². The van der Waals surface area contributed by atoms with Crippen molar-refractivity contribution >= 4 is 17.3 Å². The van der Waals surface area contributed by atoms with E-state index in [1.165, 1.54) is 11.1 Å². The summed E-state index contributed by atoms with van der Waals surface area (Å²) < 4.78 is 10.8. The first-order chi connectivity index (χ1) is 13.0. The zero-order valence-electron chi connectivity index (χ0n) is 16.5. The Bertz CT molecular complexity index is 800. The van der Waals surface area contributed by atoms with E-state index >= 15 is 0 Å². The minimum absolute atomic E-state index is 0.0608. The van der Waals surface area contributed by atoms with Gasteiger partial charge in [-0.1, -0.05) is 13.8 Å². The first-order valence-electron chi connectivity index (χ1n) is 9.38. The van der Waals surface area contributed by atoms with Crippen molar-refractivity contribution in [1.29, 1.82) is 0 Å². The lowest BCUT2D eigenvalue weighted by atomic mass is 9.98. The maximum absolute atomic E-state index is 11.9. The molecule has 5 nitrogen and oxygen atoms in total. The Balaban J connectivity index is 1.71. The Morgan fingerprint density at radius 1 is 1.07 bits per heavy atom. The van der Waals surface area contributed by atoms with Gasteiger partial charge in [-0.3, -0.25) is 4.79 Å². The number of nitrogens with zero attached hydrogens (tertiary/aromatic N) is 1.